The number of hydrogen-bond acceptors (Lipinski definition) is 3. The number of nitrogens with zero attached hydrogens (tertiary/aromatic N) is 1. The fourth-order valence-electron chi connectivity index (χ4n) is 3.58. The van der Waals surface area contributed by atoms with Crippen molar-refractivity contribution in [3.05, 3.63) is 29.8 Å². The summed E-state index contributed by atoms with van der Waals surface area (Å²) >= 11 is 0. The SMILES string of the molecule is C[C@H]1C[C@@H](C(=O)NCc2ccc(N3CCCCC3=O)cc2)CCN1. The number of carbonyl (C=O) groups excluding carboxylic acids is 2. The van der Waals surface area contributed by atoms with Crippen LogP contribution in [0.15, 0.2) is 24.3 Å². The van der Waals surface area contributed by atoms with Gasteiger partial charge in [-0.15, -0.1) is 0 Å². The Bertz CT molecular complexity index is 585. The summed E-state index contributed by atoms with van der Waals surface area (Å²) < 4.78 is 0. The molecule has 2 amide bonds. The highest BCUT2D eigenvalue weighted by Crippen LogP contribution is 2.21. The van der Waals surface area contributed by atoms with E-state index in [1.54, 1.807) is 0 Å². The van der Waals surface area contributed by atoms with Gasteiger partial charge in [0, 0.05) is 37.2 Å². The van der Waals surface area contributed by atoms with Gasteiger partial charge in [-0.3, -0.25) is 9.59 Å². The Morgan fingerprint density at radius 2 is 2.08 bits per heavy atom. The zero-order valence-electron chi connectivity index (χ0n) is 14.4. The number of amides is 2. The first kappa shape index (κ1) is 17.0. The predicted octanol–water partition coefficient (Wildman–Crippen LogP) is 2.21. The monoisotopic (exact) mass is 329 g/mol. The van der Waals surface area contributed by atoms with Gasteiger partial charge in [0.2, 0.25) is 11.8 Å². The molecule has 0 aromatic heterocycles. The number of hydrogen-bond donors (Lipinski definition) is 2. The van der Waals surface area contributed by atoms with Gasteiger partial charge in [0.05, 0.1) is 0 Å². The Labute approximate surface area is 143 Å². The van der Waals surface area contributed by atoms with Gasteiger partial charge in [-0.05, 0) is 56.8 Å². The molecule has 0 bridgehead atoms. The summed E-state index contributed by atoms with van der Waals surface area (Å²) in [5.41, 5.74) is 2.03. The van der Waals surface area contributed by atoms with Crippen molar-refractivity contribution >= 4 is 17.5 Å². The van der Waals surface area contributed by atoms with Crippen LogP contribution < -0.4 is 15.5 Å². The molecule has 2 heterocycles. The maximum Gasteiger partial charge on any atom is 0.226 e. The first-order valence-electron chi connectivity index (χ1n) is 9.04. The molecule has 0 saturated carbocycles. The number of carbonyl (C=O) groups is 2. The summed E-state index contributed by atoms with van der Waals surface area (Å²) in [6, 6.07) is 8.38. The van der Waals surface area contributed by atoms with E-state index in [0.29, 0.717) is 19.0 Å². The van der Waals surface area contributed by atoms with Gasteiger partial charge in [-0.2, -0.15) is 0 Å². The Morgan fingerprint density at radius 1 is 1.29 bits per heavy atom. The van der Waals surface area contributed by atoms with Gasteiger partial charge < -0.3 is 15.5 Å². The quantitative estimate of drug-likeness (QED) is 0.890. The minimum absolute atomic E-state index is 0.117. The van der Waals surface area contributed by atoms with E-state index in [2.05, 4.69) is 17.6 Å². The van der Waals surface area contributed by atoms with Crippen LogP contribution in [0.1, 0.15) is 44.6 Å². The standard InChI is InChI=1S/C19H27N3O2/c1-14-12-16(9-10-20-14)19(24)21-13-15-5-7-17(8-6-15)22-11-3-2-4-18(22)23/h5-8,14,16,20H,2-4,9-13H2,1H3,(H,21,24)/t14-,16-/m0/s1. The molecule has 2 fully saturated rings. The first-order valence-corrected chi connectivity index (χ1v) is 9.04. The molecule has 2 aliphatic heterocycles. The number of piperidine rings is 2. The minimum Gasteiger partial charge on any atom is -0.352 e. The Kier molecular flexibility index (Phi) is 5.51. The van der Waals surface area contributed by atoms with Crippen LogP contribution in [0.4, 0.5) is 5.69 Å². The number of nitrogens with one attached hydrogen (secondary N) is 2. The second kappa shape index (κ2) is 7.79. The Hall–Kier alpha value is -1.88. The molecule has 0 unspecified atom stereocenters. The second-order valence-corrected chi connectivity index (χ2v) is 6.96. The Morgan fingerprint density at radius 3 is 2.79 bits per heavy atom. The van der Waals surface area contributed by atoms with Crippen LogP contribution in [-0.4, -0.2) is 30.9 Å². The van der Waals surface area contributed by atoms with Crippen LogP contribution in [0, 0.1) is 5.92 Å². The molecule has 24 heavy (non-hydrogen) atoms. The molecule has 2 saturated heterocycles. The van der Waals surface area contributed by atoms with Crippen molar-refractivity contribution in [2.45, 2.75) is 51.6 Å². The maximum absolute atomic E-state index is 12.3. The lowest BCUT2D eigenvalue weighted by Gasteiger charge is -2.27. The molecular formula is C19H27N3O2. The van der Waals surface area contributed by atoms with Gasteiger partial charge in [0.1, 0.15) is 0 Å². The van der Waals surface area contributed by atoms with Crippen molar-refractivity contribution in [3.63, 3.8) is 0 Å². The molecule has 1 aromatic rings. The summed E-state index contributed by atoms with van der Waals surface area (Å²) in [6.07, 6.45) is 4.52. The highest BCUT2D eigenvalue weighted by molar-refractivity contribution is 5.93. The fraction of sp³-hybridized carbons (Fsp3) is 0.579. The molecule has 0 radical (unpaired) electrons. The summed E-state index contributed by atoms with van der Waals surface area (Å²) in [5, 5.41) is 6.42. The van der Waals surface area contributed by atoms with Crippen molar-refractivity contribution in [1.82, 2.24) is 10.6 Å². The molecule has 2 atom stereocenters. The van der Waals surface area contributed by atoms with Crippen LogP contribution in [0.3, 0.4) is 0 Å². The minimum atomic E-state index is 0.117. The van der Waals surface area contributed by atoms with Gasteiger partial charge >= 0.3 is 0 Å². The van der Waals surface area contributed by atoms with E-state index in [1.165, 1.54) is 0 Å². The van der Waals surface area contributed by atoms with Gasteiger partial charge in [-0.25, -0.2) is 0 Å². The molecule has 3 rings (SSSR count). The molecule has 5 nitrogen and oxygen atoms in total. The average molecular weight is 329 g/mol. The zero-order chi connectivity index (χ0) is 16.9. The first-order chi connectivity index (χ1) is 11.6. The van der Waals surface area contributed by atoms with Gasteiger partial charge in [0.15, 0.2) is 0 Å². The largest absolute Gasteiger partial charge is 0.352 e. The normalized spacial score (nSPS) is 24.7. The van der Waals surface area contributed by atoms with Gasteiger partial charge in [-0.1, -0.05) is 12.1 Å². The lowest BCUT2D eigenvalue weighted by atomic mass is 9.92. The van der Waals surface area contributed by atoms with E-state index < -0.39 is 0 Å². The van der Waals surface area contributed by atoms with Crippen molar-refractivity contribution in [1.29, 1.82) is 0 Å². The van der Waals surface area contributed by atoms with E-state index in [4.69, 9.17) is 0 Å². The lowest BCUT2D eigenvalue weighted by molar-refractivity contribution is -0.126. The van der Waals surface area contributed by atoms with Crippen LogP contribution >= 0.6 is 0 Å². The molecular weight excluding hydrogens is 302 g/mol. The van der Waals surface area contributed by atoms with E-state index in [0.717, 1.165) is 50.0 Å². The molecule has 2 N–H and O–H groups in total. The summed E-state index contributed by atoms with van der Waals surface area (Å²) in [4.78, 5) is 26.1. The van der Waals surface area contributed by atoms with Crippen molar-refractivity contribution in [2.75, 3.05) is 18.0 Å². The number of rotatable bonds is 4. The van der Waals surface area contributed by atoms with E-state index in [-0.39, 0.29) is 17.7 Å². The molecule has 2 aliphatic rings. The lowest BCUT2D eigenvalue weighted by Crippen LogP contribution is -2.42. The highest BCUT2D eigenvalue weighted by Gasteiger charge is 2.24. The van der Waals surface area contributed by atoms with Crippen molar-refractivity contribution in [2.24, 2.45) is 5.92 Å². The van der Waals surface area contributed by atoms with Crippen molar-refractivity contribution in [3.8, 4) is 0 Å². The summed E-state index contributed by atoms with van der Waals surface area (Å²) in [6.45, 7) is 4.39. The Balaban J connectivity index is 1.52. The molecule has 1 aromatic carbocycles. The zero-order valence-corrected chi connectivity index (χ0v) is 14.4. The fourth-order valence-corrected chi connectivity index (χ4v) is 3.58. The summed E-state index contributed by atoms with van der Waals surface area (Å²) in [7, 11) is 0. The van der Waals surface area contributed by atoms with Crippen LogP contribution in [0.2, 0.25) is 0 Å². The third-order valence-electron chi connectivity index (χ3n) is 5.03. The third-order valence-corrected chi connectivity index (χ3v) is 5.03. The van der Waals surface area contributed by atoms with Crippen LogP contribution in [0.25, 0.3) is 0 Å². The van der Waals surface area contributed by atoms with E-state index in [1.807, 2.05) is 29.2 Å². The van der Waals surface area contributed by atoms with Crippen LogP contribution in [-0.2, 0) is 16.1 Å². The predicted molar refractivity (Wildman–Crippen MR) is 94.7 cm³/mol. The van der Waals surface area contributed by atoms with Crippen LogP contribution in [0.5, 0.6) is 0 Å². The smallest absolute Gasteiger partial charge is 0.226 e. The average Bonchev–Trinajstić information content (AvgIpc) is 2.61. The van der Waals surface area contributed by atoms with E-state index in [9.17, 15) is 9.59 Å². The third kappa shape index (κ3) is 4.15. The molecule has 0 aliphatic carbocycles. The molecule has 0 spiro atoms. The summed E-state index contributed by atoms with van der Waals surface area (Å²) in [5.74, 6) is 0.479. The molecule has 5 heteroatoms. The number of benzene rings is 1. The highest BCUT2D eigenvalue weighted by atomic mass is 16.2. The van der Waals surface area contributed by atoms with Crippen molar-refractivity contribution < 1.29 is 9.59 Å². The number of anilines is 1. The van der Waals surface area contributed by atoms with E-state index >= 15 is 0 Å². The second-order valence-electron chi connectivity index (χ2n) is 6.96. The maximum atomic E-state index is 12.3. The molecule has 130 valence electrons. The topological polar surface area (TPSA) is 61.4 Å². The van der Waals surface area contributed by atoms with Gasteiger partial charge in [0.25, 0.3) is 0 Å².